The Hall–Kier alpha value is -2.60. The normalized spacial score (nSPS) is 10.6. The second kappa shape index (κ2) is 4.25. The average Bonchev–Trinajstić information content (AvgIpc) is 2.82. The summed E-state index contributed by atoms with van der Waals surface area (Å²) in [5, 5.41) is 9.13. The minimum absolute atomic E-state index is 0.501. The van der Waals surface area contributed by atoms with E-state index in [0.717, 1.165) is 27.8 Å². The molecule has 0 bridgehead atoms. The summed E-state index contributed by atoms with van der Waals surface area (Å²) >= 11 is 0. The quantitative estimate of drug-likeness (QED) is 0.654. The van der Waals surface area contributed by atoms with Crippen LogP contribution in [-0.2, 0) is 0 Å². The number of nitriles is 1. The fraction of sp³-hybridized carbons (Fsp3) is 0.125. The summed E-state index contributed by atoms with van der Waals surface area (Å²) in [6, 6.07) is 13.5. The highest BCUT2D eigenvalue weighted by atomic mass is 16.3. The highest BCUT2D eigenvalue weighted by Crippen LogP contribution is 2.28. The monoisotopic (exact) mass is 248 g/mol. The Balaban J connectivity index is 2.27. The standard InChI is InChI=1S/C16H12N2O/c1-10-7-11(2)15-14(8-10)18-16(19-15)13-6-4-3-5-12(13)9-17/h3-8H,1-2H3. The van der Waals surface area contributed by atoms with Crippen molar-refractivity contribution in [1.82, 2.24) is 4.98 Å². The van der Waals surface area contributed by atoms with Crippen molar-refractivity contribution in [3.63, 3.8) is 0 Å². The third-order valence-electron chi connectivity index (χ3n) is 3.10. The molecule has 19 heavy (non-hydrogen) atoms. The number of hydrogen-bond donors (Lipinski definition) is 0. The molecule has 0 spiro atoms. The molecular formula is C16H12N2O. The molecule has 0 atom stereocenters. The molecule has 0 N–H and O–H groups in total. The van der Waals surface area contributed by atoms with E-state index in [0.29, 0.717) is 11.5 Å². The van der Waals surface area contributed by atoms with Gasteiger partial charge in [-0.3, -0.25) is 0 Å². The Morgan fingerprint density at radius 2 is 1.95 bits per heavy atom. The van der Waals surface area contributed by atoms with E-state index in [-0.39, 0.29) is 0 Å². The van der Waals surface area contributed by atoms with E-state index in [4.69, 9.17) is 9.68 Å². The van der Waals surface area contributed by atoms with E-state index in [9.17, 15) is 0 Å². The first-order valence-electron chi connectivity index (χ1n) is 6.06. The lowest BCUT2D eigenvalue weighted by Gasteiger charge is -1.97. The Morgan fingerprint density at radius 1 is 1.16 bits per heavy atom. The molecule has 0 saturated heterocycles. The summed E-state index contributed by atoms with van der Waals surface area (Å²) in [6.07, 6.45) is 0. The van der Waals surface area contributed by atoms with Gasteiger partial charge in [-0.15, -0.1) is 0 Å². The fourth-order valence-corrected chi connectivity index (χ4v) is 2.26. The Labute approximate surface area is 111 Å². The second-order valence-corrected chi connectivity index (χ2v) is 4.61. The molecule has 3 rings (SSSR count). The number of aromatic nitrogens is 1. The molecule has 1 heterocycles. The van der Waals surface area contributed by atoms with E-state index in [1.54, 1.807) is 6.07 Å². The molecule has 2 aromatic carbocycles. The Kier molecular flexibility index (Phi) is 2.57. The summed E-state index contributed by atoms with van der Waals surface area (Å²) in [4.78, 5) is 4.50. The van der Waals surface area contributed by atoms with Gasteiger partial charge in [0.1, 0.15) is 5.52 Å². The molecule has 3 aromatic rings. The lowest BCUT2D eigenvalue weighted by Crippen LogP contribution is -1.82. The molecule has 0 aliphatic rings. The third-order valence-corrected chi connectivity index (χ3v) is 3.10. The molecule has 3 heteroatoms. The van der Waals surface area contributed by atoms with Gasteiger partial charge in [0.2, 0.25) is 5.89 Å². The summed E-state index contributed by atoms with van der Waals surface area (Å²) in [5.41, 5.74) is 5.14. The van der Waals surface area contributed by atoms with Gasteiger partial charge >= 0.3 is 0 Å². The molecule has 0 aliphatic carbocycles. The SMILES string of the molecule is Cc1cc(C)c2oc(-c3ccccc3C#N)nc2c1. The van der Waals surface area contributed by atoms with E-state index in [1.807, 2.05) is 38.1 Å². The number of rotatable bonds is 1. The van der Waals surface area contributed by atoms with Crippen LogP contribution in [0.4, 0.5) is 0 Å². The van der Waals surface area contributed by atoms with Crippen LogP contribution >= 0.6 is 0 Å². The van der Waals surface area contributed by atoms with Gasteiger partial charge in [0.15, 0.2) is 5.58 Å². The van der Waals surface area contributed by atoms with E-state index in [1.165, 1.54) is 0 Å². The first-order valence-corrected chi connectivity index (χ1v) is 6.06. The maximum absolute atomic E-state index is 9.13. The van der Waals surface area contributed by atoms with Gasteiger partial charge in [0, 0.05) is 0 Å². The van der Waals surface area contributed by atoms with Crippen molar-refractivity contribution in [1.29, 1.82) is 5.26 Å². The lowest BCUT2D eigenvalue weighted by molar-refractivity contribution is 0.617. The van der Waals surface area contributed by atoms with Crippen LogP contribution in [0.15, 0.2) is 40.8 Å². The summed E-state index contributed by atoms with van der Waals surface area (Å²) < 4.78 is 5.82. The van der Waals surface area contributed by atoms with Gasteiger partial charge in [0.05, 0.1) is 17.2 Å². The maximum atomic E-state index is 9.13. The molecule has 0 radical (unpaired) electrons. The zero-order chi connectivity index (χ0) is 13.4. The topological polar surface area (TPSA) is 49.8 Å². The number of hydrogen-bond acceptors (Lipinski definition) is 3. The zero-order valence-corrected chi connectivity index (χ0v) is 10.8. The molecule has 92 valence electrons. The molecular weight excluding hydrogens is 236 g/mol. The lowest BCUT2D eigenvalue weighted by atomic mass is 10.1. The first kappa shape index (κ1) is 11.5. The summed E-state index contributed by atoms with van der Waals surface area (Å²) in [5.74, 6) is 0.501. The minimum Gasteiger partial charge on any atom is -0.436 e. The molecule has 1 aromatic heterocycles. The van der Waals surface area contributed by atoms with Crippen molar-refractivity contribution in [3.8, 4) is 17.5 Å². The number of nitrogens with zero attached hydrogens (tertiary/aromatic N) is 2. The molecule has 0 saturated carbocycles. The number of benzene rings is 2. The van der Waals surface area contributed by atoms with Crippen LogP contribution in [0.3, 0.4) is 0 Å². The van der Waals surface area contributed by atoms with E-state index >= 15 is 0 Å². The van der Waals surface area contributed by atoms with Gasteiger partial charge in [-0.1, -0.05) is 18.2 Å². The van der Waals surface area contributed by atoms with Crippen LogP contribution in [0, 0.1) is 25.2 Å². The summed E-state index contributed by atoms with van der Waals surface area (Å²) in [6.45, 7) is 4.03. The van der Waals surface area contributed by atoms with Crippen LogP contribution in [0.1, 0.15) is 16.7 Å². The van der Waals surface area contributed by atoms with Crippen molar-refractivity contribution in [2.24, 2.45) is 0 Å². The largest absolute Gasteiger partial charge is 0.436 e. The maximum Gasteiger partial charge on any atom is 0.228 e. The number of fused-ring (bicyclic) bond motifs is 1. The highest BCUT2D eigenvalue weighted by Gasteiger charge is 2.13. The first-order chi connectivity index (χ1) is 9.19. The van der Waals surface area contributed by atoms with Crippen LogP contribution in [0.5, 0.6) is 0 Å². The van der Waals surface area contributed by atoms with Gasteiger partial charge in [-0.05, 0) is 43.2 Å². The van der Waals surface area contributed by atoms with Crippen molar-refractivity contribution in [2.75, 3.05) is 0 Å². The predicted octanol–water partition coefficient (Wildman–Crippen LogP) is 3.98. The van der Waals surface area contributed by atoms with Crippen molar-refractivity contribution in [2.45, 2.75) is 13.8 Å². The van der Waals surface area contributed by atoms with Crippen LogP contribution in [-0.4, -0.2) is 4.98 Å². The van der Waals surface area contributed by atoms with Crippen LogP contribution < -0.4 is 0 Å². The smallest absolute Gasteiger partial charge is 0.228 e. The highest BCUT2D eigenvalue weighted by molar-refractivity contribution is 5.80. The predicted molar refractivity (Wildman–Crippen MR) is 73.6 cm³/mol. The number of aryl methyl sites for hydroxylation is 2. The molecule has 0 unspecified atom stereocenters. The zero-order valence-electron chi connectivity index (χ0n) is 10.8. The number of oxazole rings is 1. The molecule has 3 nitrogen and oxygen atoms in total. The average molecular weight is 248 g/mol. The van der Waals surface area contributed by atoms with Gasteiger partial charge in [0.25, 0.3) is 0 Å². The second-order valence-electron chi connectivity index (χ2n) is 4.61. The molecule has 0 amide bonds. The van der Waals surface area contributed by atoms with E-state index < -0.39 is 0 Å². The third kappa shape index (κ3) is 1.88. The van der Waals surface area contributed by atoms with Crippen molar-refractivity contribution in [3.05, 3.63) is 53.1 Å². The van der Waals surface area contributed by atoms with Crippen molar-refractivity contribution < 1.29 is 4.42 Å². The van der Waals surface area contributed by atoms with E-state index in [2.05, 4.69) is 17.1 Å². The van der Waals surface area contributed by atoms with Gasteiger partial charge in [-0.25, -0.2) is 4.98 Å². The van der Waals surface area contributed by atoms with Gasteiger partial charge in [-0.2, -0.15) is 5.26 Å². The van der Waals surface area contributed by atoms with Crippen LogP contribution in [0.25, 0.3) is 22.6 Å². The molecule has 0 aliphatic heterocycles. The Morgan fingerprint density at radius 3 is 2.74 bits per heavy atom. The van der Waals surface area contributed by atoms with Crippen LogP contribution in [0.2, 0.25) is 0 Å². The Bertz CT molecular complexity index is 809. The summed E-state index contributed by atoms with van der Waals surface area (Å²) in [7, 11) is 0. The van der Waals surface area contributed by atoms with Gasteiger partial charge < -0.3 is 4.42 Å². The molecule has 0 fully saturated rings. The van der Waals surface area contributed by atoms with Crippen molar-refractivity contribution >= 4 is 11.1 Å². The fourth-order valence-electron chi connectivity index (χ4n) is 2.26. The minimum atomic E-state index is 0.501.